The first-order valence-corrected chi connectivity index (χ1v) is 6.43. The second-order valence-corrected chi connectivity index (χ2v) is 5.22. The van der Waals surface area contributed by atoms with Gasteiger partial charge in [0, 0.05) is 14.3 Å². The van der Waals surface area contributed by atoms with Gasteiger partial charge < -0.3 is 0 Å². The molecule has 4 heteroatoms. The Labute approximate surface area is 111 Å². The molecule has 0 aromatic heterocycles. The summed E-state index contributed by atoms with van der Waals surface area (Å²) < 4.78 is 13.9. The molecule has 0 unspecified atom stereocenters. The minimum Gasteiger partial charge on any atom is -0.207 e. The van der Waals surface area contributed by atoms with Gasteiger partial charge >= 0.3 is 0 Å². The van der Waals surface area contributed by atoms with Crippen molar-refractivity contribution in [2.75, 3.05) is 0 Å². The van der Waals surface area contributed by atoms with Crippen LogP contribution in [-0.4, -0.2) is 0 Å². The monoisotopic (exact) mass is 307 g/mol. The van der Waals surface area contributed by atoms with E-state index in [0.717, 1.165) is 14.3 Å². The predicted molar refractivity (Wildman–Crippen MR) is 69.4 cm³/mol. The smallest absolute Gasteiger partial charge is 0.124 e. The van der Waals surface area contributed by atoms with E-state index in [2.05, 4.69) is 15.9 Å². The summed E-state index contributed by atoms with van der Waals surface area (Å²) in [5, 5.41) is 8.95. The summed E-state index contributed by atoms with van der Waals surface area (Å²) in [5.41, 5.74) is 0.353. The minimum atomic E-state index is -0.391. The van der Waals surface area contributed by atoms with E-state index in [1.54, 1.807) is 6.07 Å². The van der Waals surface area contributed by atoms with Gasteiger partial charge in [0.05, 0.1) is 5.56 Å². The Bertz CT molecular complexity index is 592. The van der Waals surface area contributed by atoms with Crippen LogP contribution in [0.1, 0.15) is 5.56 Å². The maximum absolute atomic E-state index is 13.0. The van der Waals surface area contributed by atoms with Gasteiger partial charge in [-0.2, -0.15) is 5.26 Å². The van der Waals surface area contributed by atoms with E-state index in [1.807, 2.05) is 30.3 Å². The van der Waals surface area contributed by atoms with Gasteiger partial charge in [-0.15, -0.1) is 0 Å². The first-order valence-electron chi connectivity index (χ1n) is 4.83. The first-order chi connectivity index (χ1) is 8.20. The number of benzene rings is 2. The molecule has 2 aromatic rings. The second kappa shape index (κ2) is 5.35. The zero-order chi connectivity index (χ0) is 12.3. The highest BCUT2D eigenvalue weighted by Crippen LogP contribution is 2.35. The molecule has 0 aliphatic carbocycles. The van der Waals surface area contributed by atoms with Gasteiger partial charge in [0.25, 0.3) is 0 Å². The van der Waals surface area contributed by atoms with Gasteiger partial charge in [-0.3, -0.25) is 0 Å². The molecule has 0 amide bonds. The van der Waals surface area contributed by atoms with Crippen molar-refractivity contribution in [3.05, 3.63) is 58.3 Å². The van der Waals surface area contributed by atoms with Crippen LogP contribution < -0.4 is 0 Å². The van der Waals surface area contributed by atoms with Crippen LogP contribution in [0.4, 0.5) is 4.39 Å². The third-order valence-electron chi connectivity index (χ3n) is 2.12. The fourth-order valence-electron chi connectivity index (χ4n) is 1.32. The Morgan fingerprint density at radius 1 is 1.12 bits per heavy atom. The van der Waals surface area contributed by atoms with Crippen LogP contribution in [0.15, 0.2) is 56.7 Å². The zero-order valence-electron chi connectivity index (χ0n) is 8.65. The van der Waals surface area contributed by atoms with Crippen LogP contribution in [0.25, 0.3) is 0 Å². The van der Waals surface area contributed by atoms with E-state index in [9.17, 15) is 4.39 Å². The Hall–Kier alpha value is -1.31. The summed E-state index contributed by atoms with van der Waals surface area (Å²) in [4.78, 5) is 1.75. The number of nitrogens with zero attached hydrogens (tertiary/aromatic N) is 1. The number of nitriles is 1. The van der Waals surface area contributed by atoms with E-state index >= 15 is 0 Å². The molecular formula is C13H7BrFNS. The second-order valence-electron chi connectivity index (χ2n) is 3.28. The van der Waals surface area contributed by atoms with Gasteiger partial charge in [0.2, 0.25) is 0 Å². The SMILES string of the molecule is N#Cc1cc(F)ccc1Sc1ccccc1Br. The molecule has 0 radical (unpaired) electrons. The van der Waals surface area contributed by atoms with E-state index < -0.39 is 5.82 Å². The number of rotatable bonds is 2. The molecule has 2 rings (SSSR count). The van der Waals surface area contributed by atoms with Crippen molar-refractivity contribution < 1.29 is 4.39 Å². The average molecular weight is 308 g/mol. The van der Waals surface area contributed by atoms with Crippen molar-refractivity contribution in [1.82, 2.24) is 0 Å². The van der Waals surface area contributed by atoms with Crippen LogP contribution in [0.2, 0.25) is 0 Å². The van der Waals surface area contributed by atoms with Crippen molar-refractivity contribution in [3.8, 4) is 6.07 Å². The fraction of sp³-hybridized carbons (Fsp3) is 0. The maximum Gasteiger partial charge on any atom is 0.124 e. The van der Waals surface area contributed by atoms with Gasteiger partial charge in [-0.05, 0) is 46.3 Å². The standard InChI is InChI=1S/C13H7BrFNS/c14-11-3-1-2-4-13(11)17-12-6-5-10(15)7-9(12)8-16/h1-7H. The fourth-order valence-corrected chi connectivity index (χ4v) is 2.75. The van der Waals surface area contributed by atoms with Crippen molar-refractivity contribution in [2.45, 2.75) is 9.79 Å². The highest BCUT2D eigenvalue weighted by molar-refractivity contribution is 9.10. The highest BCUT2D eigenvalue weighted by atomic mass is 79.9. The van der Waals surface area contributed by atoms with Crippen LogP contribution in [0.3, 0.4) is 0 Å². The Kier molecular flexibility index (Phi) is 3.82. The number of hydrogen-bond acceptors (Lipinski definition) is 2. The van der Waals surface area contributed by atoms with E-state index in [4.69, 9.17) is 5.26 Å². The van der Waals surface area contributed by atoms with Crippen LogP contribution in [-0.2, 0) is 0 Å². The summed E-state index contributed by atoms with van der Waals surface area (Å²) in [6, 6.07) is 13.9. The minimum absolute atomic E-state index is 0.353. The van der Waals surface area contributed by atoms with Gasteiger partial charge in [0.15, 0.2) is 0 Å². The lowest BCUT2D eigenvalue weighted by atomic mass is 10.2. The van der Waals surface area contributed by atoms with Gasteiger partial charge in [-0.1, -0.05) is 23.9 Å². The normalized spacial score (nSPS) is 9.94. The van der Waals surface area contributed by atoms with Crippen LogP contribution >= 0.6 is 27.7 Å². The van der Waals surface area contributed by atoms with E-state index in [-0.39, 0.29) is 0 Å². The molecule has 0 saturated heterocycles. The first kappa shape index (κ1) is 12.2. The molecule has 0 bridgehead atoms. The molecule has 0 saturated carbocycles. The summed E-state index contributed by atoms with van der Waals surface area (Å²) in [6.07, 6.45) is 0. The van der Waals surface area contributed by atoms with Crippen LogP contribution in [0.5, 0.6) is 0 Å². The molecule has 17 heavy (non-hydrogen) atoms. The van der Waals surface area contributed by atoms with Crippen molar-refractivity contribution >= 4 is 27.7 Å². The number of halogens is 2. The Morgan fingerprint density at radius 2 is 1.88 bits per heavy atom. The molecule has 2 aromatic carbocycles. The summed E-state index contributed by atoms with van der Waals surface area (Å²) in [7, 11) is 0. The molecule has 1 nitrogen and oxygen atoms in total. The highest BCUT2D eigenvalue weighted by Gasteiger charge is 2.07. The number of hydrogen-bond donors (Lipinski definition) is 0. The van der Waals surface area contributed by atoms with E-state index in [0.29, 0.717) is 5.56 Å². The Balaban J connectivity index is 2.37. The third kappa shape index (κ3) is 2.87. The van der Waals surface area contributed by atoms with Gasteiger partial charge in [0.1, 0.15) is 11.9 Å². The molecule has 0 heterocycles. The lowest BCUT2D eigenvalue weighted by molar-refractivity contribution is 0.626. The molecule has 0 fully saturated rings. The summed E-state index contributed by atoms with van der Waals surface area (Å²) in [5.74, 6) is -0.391. The Morgan fingerprint density at radius 3 is 2.59 bits per heavy atom. The largest absolute Gasteiger partial charge is 0.207 e. The predicted octanol–water partition coefficient (Wildman–Crippen LogP) is 4.61. The lowest BCUT2D eigenvalue weighted by Crippen LogP contribution is -1.84. The van der Waals surface area contributed by atoms with Crippen molar-refractivity contribution in [3.63, 3.8) is 0 Å². The summed E-state index contributed by atoms with van der Waals surface area (Å²) >= 11 is 4.87. The summed E-state index contributed by atoms with van der Waals surface area (Å²) in [6.45, 7) is 0. The van der Waals surface area contributed by atoms with Gasteiger partial charge in [-0.25, -0.2) is 4.39 Å². The maximum atomic E-state index is 13.0. The van der Waals surface area contributed by atoms with Crippen LogP contribution in [0, 0.1) is 17.1 Å². The molecular weight excluding hydrogens is 301 g/mol. The van der Waals surface area contributed by atoms with E-state index in [1.165, 1.54) is 23.9 Å². The topological polar surface area (TPSA) is 23.8 Å². The van der Waals surface area contributed by atoms with Crippen molar-refractivity contribution in [1.29, 1.82) is 5.26 Å². The van der Waals surface area contributed by atoms with Crippen molar-refractivity contribution in [2.24, 2.45) is 0 Å². The quantitative estimate of drug-likeness (QED) is 0.809. The third-order valence-corrected chi connectivity index (χ3v) is 4.22. The molecule has 0 aliphatic heterocycles. The molecule has 0 N–H and O–H groups in total. The average Bonchev–Trinajstić information content (AvgIpc) is 2.34. The zero-order valence-corrected chi connectivity index (χ0v) is 11.1. The molecule has 0 aliphatic rings. The molecule has 0 atom stereocenters. The molecule has 84 valence electrons. The lowest BCUT2D eigenvalue weighted by Gasteiger charge is -2.05. The molecule has 0 spiro atoms.